The third-order valence-corrected chi connectivity index (χ3v) is 4.98. The lowest BCUT2D eigenvalue weighted by molar-refractivity contribution is -0.274. The third kappa shape index (κ3) is 4.99. The second-order valence-electron chi connectivity index (χ2n) is 7.14. The predicted molar refractivity (Wildman–Crippen MR) is 108 cm³/mol. The lowest BCUT2D eigenvalue weighted by Gasteiger charge is -2.25. The number of nitrogens with zero attached hydrogens (tertiary/aromatic N) is 3. The van der Waals surface area contributed by atoms with Crippen LogP contribution in [0.4, 0.5) is 13.2 Å². The van der Waals surface area contributed by atoms with Crippen molar-refractivity contribution in [3.8, 4) is 28.7 Å². The van der Waals surface area contributed by atoms with Crippen molar-refractivity contribution in [2.45, 2.75) is 19.1 Å². The molecule has 0 saturated carbocycles. The molecule has 3 aromatic rings. The van der Waals surface area contributed by atoms with Crippen LogP contribution in [0.25, 0.3) is 11.1 Å². The molecule has 1 aliphatic heterocycles. The zero-order chi connectivity index (χ0) is 22.7. The number of pyridine rings is 1. The van der Waals surface area contributed by atoms with E-state index >= 15 is 0 Å². The van der Waals surface area contributed by atoms with Gasteiger partial charge in [0.15, 0.2) is 0 Å². The number of benzene rings is 2. The molecule has 0 spiro atoms. The van der Waals surface area contributed by atoms with Crippen LogP contribution in [-0.2, 0) is 6.54 Å². The standard InChI is InChI=1S/C23H18F3N3O3/c24-23(25,26)32-19-7-4-15(5-8-19)16-6-9-21-20(12-16)22(30)29(10-11-31-21)14-18-3-1-2-17(13-27)28-18/h1-9,12,22,30H,10-11,14H2. The summed E-state index contributed by atoms with van der Waals surface area (Å²) >= 11 is 0. The van der Waals surface area contributed by atoms with Crippen molar-refractivity contribution in [3.63, 3.8) is 0 Å². The molecular formula is C23H18F3N3O3. The summed E-state index contributed by atoms with van der Waals surface area (Å²) in [5.74, 6) is 0.220. The van der Waals surface area contributed by atoms with Crippen LogP contribution < -0.4 is 9.47 Å². The van der Waals surface area contributed by atoms with Crippen LogP contribution in [0.3, 0.4) is 0 Å². The number of ether oxygens (including phenoxy) is 2. The number of alkyl halides is 3. The lowest BCUT2D eigenvalue weighted by atomic mass is 10.0. The monoisotopic (exact) mass is 441 g/mol. The molecule has 164 valence electrons. The molecular weight excluding hydrogens is 423 g/mol. The first-order valence-corrected chi connectivity index (χ1v) is 9.73. The molecule has 6 nitrogen and oxygen atoms in total. The Balaban J connectivity index is 1.58. The van der Waals surface area contributed by atoms with Crippen molar-refractivity contribution in [1.82, 2.24) is 9.88 Å². The van der Waals surface area contributed by atoms with Crippen LogP contribution in [0.1, 0.15) is 23.2 Å². The van der Waals surface area contributed by atoms with Gasteiger partial charge in [-0.2, -0.15) is 5.26 Å². The topological polar surface area (TPSA) is 78.6 Å². The van der Waals surface area contributed by atoms with E-state index in [-0.39, 0.29) is 5.75 Å². The first-order valence-electron chi connectivity index (χ1n) is 9.73. The van der Waals surface area contributed by atoms with Crippen LogP contribution in [0.5, 0.6) is 11.5 Å². The molecule has 9 heteroatoms. The Hall–Kier alpha value is -3.61. The van der Waals surface area contributed by atoms with Gasteiger partial charge in [0.1, 0.15) is 36.1 Å². The second-order valence-corrected chi connectivity index (χ2v) is 7.14. The van der Waals surface area contributed by atoms with E-state index in [4.69, 9.17) is 10.00 Å². The molecule has 4 rings (SSSR count). The highest BCUT2D eigenvalue weighted by molar-refractivity contribution is 5.66. The molecule has 0 aliphatic carbocycles. The Morgan fingerprint density at radius 1 is 1.12 bits per heavy atom. The summed E-state index contributed by atoms with van der Waals surface area (Å²) in [6.07, 6.45) is -5.74. The number of halogens is 3. The van der Waals surface area contributed by atoms with Gasteiger partial charge in [-0.3, -0.25) is 4.90 Å². The number of hydrogen-bond donors (Lipinski definition) is 1. The van der Waals surface area contributed by atoms with Gasteiger partial charge < -0.3 is 14.6 Å². The number of nitriles is 1. The van der Waals surface area contributed by atoms with Crippen molar-refractivity contribution < 1.29 is 27.8 Å². The highest BCUT2D eigenvalue weighted by atomic mass is 19.4. The summed E-state index contributed by atoms with van der Waals surface area (Å²) in [4.78, 5) is 6.04. The van der Waals surface area contributed by atoms with E-state index in [1.54, 1.807) is 41.3 Å². The summed E-state index contributed by atoms with van der Waals surface area (Å²) < 4.78 is 46.8. The number of hydrogen-bond acceptors (Lipinski definition) is 6. The average Bonchev–Trinajstić information content (AvgIpc) is 2.92. The van der Waals surface area contributed by atoms with Crippen LogP contribution in [0, 0.1) is 11.3 Å². The molecule has 0 fully saturated rings. The van der Waals surface area contributed by atoms with Crippen LogP contribution in [-0.4, -0.2) is 34.5 Å². The molecule has 1 aromatic heterocycles. The normalized spacial score (nSPS) is 16.4. The maximum Gasteiger partial charge on any atom is 0.573 e. The maximum absolute atomic E-state index is 12.4. The van der Waals surface area contributed by atoms with Crippen molar-refractivity contribution in [1.29, 1.82) is 5.26 Å². The molecule has 1 aliphatic rings. The van der Waals surface area contributed by atoms with Crippen LogP contribution in [0.2, 0.25) is 0 Å². The summed E-state index contributed by atoms with van der Waals surface area (Å²) in [6.45, 7) is 1.10. The van der Waals surface area contributed by atoms with E-state index < -0.39 is 12.6 Å². The molecule has 0 amide bonds. The molecule has 1 atom stereocenters. The fraction of sp³-hybridized carbons (Fsp3) is 0.217. The minimum atomic E-state index is -4.75. The van der Waals surface area contributed by atoms with E-state index in [1.165, 1.54) is 24.3 Å². The van der Waals surface area contributed by atoms with E-state index in [0.717, 1.165) is 0 Å². The van der Waals surface area contributed by atoms with Gasteiger partial charge in [0.25, 0.3) is 0 Å². The van der Waals surface area contributed by atoms with Crippen molar-refractivity contribution in [2.24, 2.45) is 0 Å². The molecule has 1 N–H and O–H groups in total. The smallest absolute Gasteiger partial charge is 0.492 e. The zero-order valence-corrected chi connectivity index (χ0v) is 16.7. The SMILES string of the molecule is N#Cc1cccc(CN2CCOc3ccc(-c4ccc(OC(F)(F)F)cc4)cc3C2O)n1. The van der Waals surface area contributed by atoms with Crippen LogP contribution in [0.15, 0.2) is 60.7 Å². The highest BCUT2D eigenvalue weighted by Crippen LogP contribution is 2.35. The molecule has 2 heterocycles. The Bertz CT molecular complexity index is 1140. The lowest BCUT2D eigenvalue weighted by Crippen LogP contribution is -2.30. The average molecular weight is 441 g/mol. The Morgan fingerprint density at radius 2 is 1.88 bits per heavy atom. The van der Waals surface area contributed by atoms with Gasteiger partial charge in [-0.25, -0.2) is 4.98 Å². The van der Waals surface area contributed by atoms with E-state index in [0.29, 0.717) is 53.5 Å². The van der Waals surface area contributed by atoms with Gasteiger partial charge in [-0.1, -0.05) is 24.3 Å². The third-order valence-electron chi connectivity index (χ3n) is 4.98. The van der Waals surface area contributed by atoms with Crippen molar-refractivity contribution in [2.75, 3.05) is 13.2 Å². The number of fused-ring (bicyclic) bond motifs is 1. The minimum absolute atomic E-state index is 0.295. The molecule has 2 aromatic carbocycles. The van der Waals surface area contributed by atoms with Gasteiger partial charge in [0, 0.05) is 18.7 Å². The second kappa shape index (κ2) is 8.86. The number of aromatic nitrogens is 1. The summed E-state index contributed by atoms with van der Waals surface area (Å²) in [5, 5.41) is 20.1. The molecule has 32 heavy (non-hydrogen) atoms. The number of rotatable bonds is 4. The number of aliphatic hydroxyl groups excluding tert-OH is 1. The zero-order valence-electron chi connectivity index (χ0n) is 16.7. The Morgan fingerprint density at radius 3 is 2.59 bits per heavy atom. The fourth-order valence-corrected chi connectivity index (χ4v) is 3.51. The first kappa shape index (κ1) is 21.6. The summed E-state index contributed by atoms with van der Waals surface area (Å²) in [6, 6.07) is 17.9. The Kier molecular flexibility index (Phi) is 5.99. The number of aliphatic hydroxyl groups is 1. The van der Waals surface area contributed by atoms with Gasteiger partial charge in [-0.15, -0.1) is 13.2 Å². The van der Waals surface area contributed by atoms with Gasteiger partial charge in [0.2, 0.25) is 0 Å². The fourth-order valence-electron chi connectivity index (χ4n) is 3.51. The van der Waals surface area contributed by atoms with Crippen LogP contribution >= 0.6 is 0 Å². The Labute approximate surface area is 182 Å². The minimum Gasteiger partial charge on any atom is -0.492 e. The largest absolute Gasteiger partial charge is 0.573 e. The van der Waals surface area contributed by atoms with Gasteiger partial charge in [0.05, 0.1) is 5.69 Å². The van der Waals surface area contributed by atoms with Crippen molar-refractivity contribution >= 4 is 0 Å². The predicted octanol–water partition coefficient (Wildman–Crippen LogP) is 4.40. The van der Waals surface area contributed by atoms with Gasteiger partial charge in [-0.05, 0) is 47.5 Å². The quantitative estimate of drug-likeness (QED) is 0.647. The van der Waals surface area contributed by atoms with E-state index in [2.05, 4.69) is 9.72 Å². The molecule has 1 unspecified atom stereocenters. The van der Waals surface area contributed by atoms with Crippen molar-refractivity contribution in [3.05, 3.63) is 77.6 Å². The maximum atomic E-state index is 12.4. The highest BCUT2D eigenvalue weighted by Gasteiger charge is 2.31. The van der Waals surface area contributed by atoms with E-state index in [1.807, 2.05) is 6.07 Å². The van der Waals surface area contributed by atoms with Gasteiger partial charge >= 0.3 is 6.36 Å². The first-order chi connectivity index (χ1) is 15.3. The molecule has 0 radical (unpaired) electrons. The summed E-state index contributed by atoms with van der Waals surface area (Å²) in [5.41, 5.74) is 2.84. The van der Waals surface area contributed by atoms with E-state index in [9.17, 15) is 18.3 Å². The molecule has 0 bridgehead atoms. The summed E-state index contributed by atoms with van der Waals surface area (Å²) in [7, 11) is 0. The molecule has 0 saturated heterocycles.